The molecule has 3 heteroatoms. The topological polar surface area (TPSA) is 56.0 Å². The lowest BCUT2D eigenvalue weighted by molar-refractivity contribution is 0.474. The van der Waals surface area contributed by atoms with E-state index in [1.807, 2.05) is 36.4 Å². The van der Waals surface area contributed by atoms with E-state index in [4.69, 9.17) is 5.26 Å². The summed E-state index contributed by atoms with van der Waals surface area (Å²) in [5.41, 5.74) is 4.39. The minimum absolute atomic E-state index is 0.344. The van der Waals surface area contributed by atoms with Gasteiger partial charge in [0.05, 0.1) is 11.6 Å². The summed E-state index contributed by atoms with van der Waals surface area (Å²) in [6.45, 7) is 0.788. The fourth-order valence-corrected chi connectivity index (χ4v) is 2.75. The van der Waals surface area contributed by atoms with Crippen LogP contribution in [0.2, 0.25) is 0 Å². The molecule has 0 aromatic heterocycles. The summed E-state index contributed by atoms with van der Waals surface area (Å²) in [6, 6.07) is 15.8. The highest BCUT2D eigenvalue weighted by molar-refractivity contribution is 5.40. The minimum Gasteiger partial charge on any atom is -0.508 e. The summed E-state index contributed by atoms with van der Waals surface area (Å²) in [5, 5.41) is 21.8. The summed E-state index contributed by atoms with van der Waals surface area (Å²) in [7, 11) is 0. The smallest absolute Gasteiger partial charge is 0.115 e. The van der Waals surface area contributed by atoms with Gasteiger partial charge >= 0.3 is 0 Å². The third-order valence-corrected chi connectivity index (χ3v) is 3.84. The summed E-state index contributed by atoms with van der Waals surface area (Å²) in [5.74, 6) is 0.344. The lowest BCUT2D eigenvalue weighted by Gasteiger charge is -2.14. The molecule has 0 heterocycles. The van der Waals surface area contributed by atoms with Crippen LogP contribution in [0.25, 0.3) is 0 Å². The Morgan fingerprint density at radius 2 is 2.00 bits per heavy atom. The van der Waals surface area contributed by atoms with Crippen molar-refractivity contribution in [3.63, 3.8) is 0 Å². The number of hydrogen-bond donors (Lipinski definition) is 2. The molecule has 1 unspecified atom stereocenters. The average Bonchev–Trinajstić information content (AvgIpc) is 2.88. The number of nitriles is 1. The number of aromatic hydroxyl groups is 1. The van der Waals surface area contributed by atoms with Gasteiger partial charge in [-0.25, -0.2) is 0 Å². The maximum Gasteiger partial charge on any atom is 0.115 e. The zero-order chi connectivity index (χ0) is 13.9. The van der Waals surface area contributed by atoms with Gasteiger partial charge in [0.15, 0.2) is 0 Å². The van der Waals surface area contributed by atoms with Crippen molar-refractivity contribution >= 4 is 0 Å². The lowest BCUT2D eigenvalue weighted by atomic mass is 10.1. The zero-order valence-corrected chi connectivity index (χ0v) is 11.1. The molecule has 0 aliphatic heterocycles. The van der Waals surface area contributed by atoms with Crippen molar-refractivity contribution in [1.29, 1.82) is 5.26 Å². The van der Waals surface area contributed by atoms with E-state index in [1.54, 1.807) is 6.07 Å². The Morgan fingerprint density at radius 1 is 1.20 bits per heavy atom. The molecule has 3 rings (SSSR count). The first kappa shape index (κ1) is 12.7. The van der Waals surface area contributed by atoms with Gasteiger partial charge in [-0.3, -0.25) is 0 Å². The van der Waals surface area contributed by atoms with Gasteiger partial charge in [-0.05, 0) is 53.8 Å². The SMILES string of the molecule is N#Cc1ccc(CNC2CCc3cc(O)ccc32)cc1. The Balaban J connectivity index is 1.67. The standard InChI is InChI=1S/C17H16N2O/c18-10-12-1-3-13(4-2-12)11-19-17-8-5-14-9-15(20)6-7-16(14)17/h1-4,6-7,9,17,19-20H,5,8,11H2. The van der Waals surface area contributed by atoms with E-state index in [0.29, 0.717) is 17.4 Å². The normalized spacial score (nSPS) is 16.6. The van der Waals surface area contributed by atoms with Crippen molar-refractivity contribution in [3.05, 3.63) is 64.7 Å². The average molecular weight is 264 g/mol. The molecular formula is C17H16N2O. The monoisotopic (exact) mass is 264 g/mol. The van der Waals surface area contributed by atoms with Crippen LogP contribution >= 0.6 is 0 Å². The zero-order valence-electron chi connectivity index (χ0n) is 11.1. The molecule has 0 spiro atoms. The molecular weight excluding hydrogens is 248 g/mol. The summed E-state index contributed by atoms with van der Waals surface area (Å²) < 4.78 is 0. The number of benzene rings is 2. The Labute approximate surface area is 118 Å². The molecule has 1 atom stereocenters. The van der Waals surface area contributed by atoms with Crippen molar-refractivity contribution in [3.8, 4) is 11.8 Å². The number of rotatable bonds is 3. The molecule has 0 saturated heterocycles. The summed E-state index contributed by atoms with van der Waals surface area (Å²) in [6.07, 6.45) is 2.07. The van der Waals surface area contributed by atoms with Gasteiger partial charge in [0.25, 0.3) is 0 Å². The molecule has 2 N–H and O–H groups in total. The summed E-state index contributed by atoms with van der Waals surface area (Å²) in [4.78, 5) is 0. The van der Waals surface area contributed by atoms with Crippen LogP contribution in [0.5, 0.6) is 5.75 Å². The number of phenols is 1. The van der Waals surface area contributed by atoms with E-state index in [2.05, 4.69) is 11.4 Å². The Kier molecular flexibility index (Phi) is 3.41. The molecule has 3 nitrogen and oxygen atoms in total. The molecule has 0 saturated carbocycles. The first-order valence-electron chi connectivity index (χ1n) is 6.80. The largest absolute Gasteiger partial charge is 0.508 e. The quantitative estimate of drug-likeness (QED) is 0.896. The predicted molar refractivity (Wildman–Crippen MR) is 77.2 cm³/mol. The van der Waals surface area contributed by atoms with E-state index in [-0.39, 0.29) is 0 Å². The maximum atomic E-state index is 9.49. The molecule has 0 fully saturated rings. The molecule has 20 heavy (non-hydrogen) atoms. The van der Waals surface area contributed by atoms with Crippen LogP contribution in [0.15, 0.2) is 42.5 Å². The molecule has 1 aliphatic carbocycles. The number of fused-ring (bicyclic) bond motifs is 1. The van der Waals surface area contributed by atoms with E-state index < -0.39 is 0 Å². The van der Waals surface area contributed by atoms with Crippen molar-refractivity contribution < 1.29 is 5.11 Å². The lowest BCUT2D eigenvalue weighted by Crippen LogP contribution is -2.18. The highest BCUT2D eigenvalue weighted by Crippen LogP contribution is 2.33. The maximum absolute atomic E-state index is 9.49. The number of nitrogens with one attached hydrogen (secondary N) is 1. The van der Waals surface area contributed by atoms with Crippen LogP contribution in [0, 0.1) is 11.3 Å². The second-order valence-corrected chi connectivity index (χ2v) is 5.16. The van der Waals surface area contributed by atoms with Crippen LogP contribution in [0.1, 0.15) is 34.7 Å². The van der Waals surface area contributed by atoms with Crippen molar-refractivity contribution in [2.75, 3.05) is 0 Å². The molecule has 0 bridgehead atoms. The van der Waals surface area contributed by atoms with Gasteiger partial charge in [-0.15, -0.1) is 0 Å². The first-order chi connectivity index (χ1) is 9.76. The predicted octanol–water partition coefficient (Wildman–Crippen LogP) is 3.04. The fourth-order valence-electron chi connectivity index (χ4n) is 2.75. The van der Waals surface area contributed by atoms with E-state index in [0.717, 1.165) is 19.4 Å². The number of nitrogens with zero attached hydrogens (tertiary/aromatic N) is 1. The Hall–Kier alpha value is -2.31. The third kappa shape index (κ3) is 2.52. The molecule has 2 aromatic carbocycles. The van der Waals surface area contributed by atoms with E-state index in [1.165, 1.54) is 16.7 Å². The Bertz CT molecular complexity index is 656. The minimum atomic E-state index is 0.344. The van der Waals surface area contributed by atoms with Crippen molar-refractivity contribution in [1.82, 2.24) is 5.32 Å². The van der Waals surface area contributed by atoms with Crippen LogP contribution in [0.4, 0.5) is 0 Å². The number of aryl methyl sites for hydroxylation is 1. The fraction of sp³-hybridized carbons (Fsp3) is 0.235. The van der Waals surface area contributed by atoms with Crippen molar-refractivity contribution in [2.45, 2.75) is 25.4 Å². The van der Waals surface area contributed by atoms with Gasteiger partial charge in [-0.2, -0.15) is 5.26 Å². The van der Waals surface area contributed by atoms with Gasteiger partial charge in [0, 0.05) is 12.6 Å². The summed E-state index contributed by atoms with van der Waals surface area (Å²) >= 11 is 0. The van der Waals surface area contributed by atoms with E-state index >= 15 is 0 Å². The Morgan fingerprint density at radius 3 is 2.75 bits per heavy atom. The van der Waals surface area contributed by atoms with Crippen molar-refractivity contribution in [2.24, 2.45) is 0 Å². The highest BCUT2D eigenvalue weighted by atomic mass is 16.3. The number of phenolic OH excluding ortho intramolecular Hbond substituents is 1. The van der Waals surface area contributed by atoms with Gasteiger partial charge in [0.1, 0.15) is 5.75 Å². The van der Waals surface area contributed by atoms with Gasteiger partial charge in [0.2, 0.25) is 0 Å². The molecule has 1 aliphatic rings. The van der Waals surface area contributed by atoms with Gasteiger partial charge in [-0.1, -0.05) is 18.2 Å². The van der Waals surface area contributed by atoms with Crippen LogP contribution in [0.3, 0.4) is 0 Å². The molecule has 100 valence electrons. The molecule has 0 amide bonds. The number of hydrogen-bond acceptors (Lipinski definition) is 3. The third-order valence-electron chi connectivity index (χ3n) is 3.84. The second kappa shape index (κ2) is 5.36. The highest BCUT2D eigenvalue weighted by Gasteiger charge is 2.21. The molecule has 2 aromatic rings. The molecule has 0 radical (unpaired) electrons. The van der Waals surface area contributed by atoms with E-state index in [9.17, 15) is 5.11 Å². The van der Waals surface area contributed by atoms with Crippen LogP contribution in [-0.4, -0.2) is 5.11 Å². The van der Waals surface area contributed by atoms with Crippen LogP contribution in [-0.2, 0) is 13.0 Å². The van der Waals surface area contributed by atoms with Crippen LogP contribution < -0.4 is 5.32 Å². The van der Waals surface area contributed by atoms with Gasteiger partial charge < -0.3 is 10.4 Å². The second-order valence-electron chi connectivity index (χ2n) is 5.16. The first-order valence-corrected chi connectivity index (χ1v) is 6.80.